The van der Waals surface area contributed by atoms with Crippen LogP contribution < -0.4 is 0 Å². The first kappa shape index (κ1) is 14.3. The smallest absolute Gasteiger partial charge is 0.190 e. The number of thioether (sulfide) groups is 1. The number of allylic oxidation sites excluding steroid dienone is 2. The summed E-state index contributed by atoms with van der Waals surface area (Å²) >= 11 is 1.19. The van der Waals surface area contributed by atoms with Crippen molar-refractivity contribution in [1.82, 2.24) is 0 Å². The summed E-state index contributed by atoms with van der Waals surface area (Å²) in [7, 11) is 0. The average Bonchev–Trinajstić information content (AvgIpc) is 2.44. The topological polar surface area (TPSA) is 34.1 Å². The second kappa shape index (κ2) is 5.88. The lowest BCUT2D eigenvalue weighted by atomic mass is 9.97. The molecule has 0 aliphatic heterocycles. The Morgan fingerprint density at radius 1 is 1.20 bits per heavy atom. The highest BCUT2D eigenvalue weighted by molar-refractivity contribution is 8.13. The lowest BCUT2D eigenvalue weighted by molar-refractivity contribution is -0.110. The Labute approximate surface area is 122 Å². The van der Waals surface area contributed by atoms with Gasteiger partial charge in [-0.3, -0.25) is 9.59 Å². The maximum absolute atomic E-state index is 11.7. The van der Waals surface area contributed by atoms with E-state index in [2.05, 4.69) is 13.2 Å². The Hall–Kier alpha value is -2.13. The number of hydrogen-bond donors (Lipinski definition) is 0. The molecular formula is C17H14O2S. The molecular weight excluding hydrogens is 268 g/mol. The minimum Gasteiger partial charge on any atom is -0.289 e. The summed E-state index contributed by atoms with van der Waals surface area (Å²) in [5.74, 6) is -0.181. The fraction of sp³-hybridized carbons (Fsp3) is 0.0588. The Morgan fingerprint density at radius 2 is 1.95 bits per heavy atom. The molecule has 2 nitrogen and oxygen atoms in total. The molecule has 0 aliphatic rings. The van der Waals surface area contributed by atoms with Gasteiger partial charge in [-0.1, -0.05) is 49.2 Å². The Balaban J connectivity index is 2.54. The summed E-state index contributed by atoms with van der Waals surface area (Å²) in [5, 5.41) is 1.97. The molecule has 0 spiro atoms. The number of ketones is 1. The molecule has 2 aromatic carbocycles. The van der Waals surface area contributed by atoms with Crippen LogP contribution in [0.15, 0.2) is 60.5 Å². The molecule has 0 radical (unpaired) electrons. The maximum Gasteiger partial charge on any atom is 0.190 e. The summed E-state index contributed by atoms with van der Waals surface area (Å²) in [6.45, 7) is 8.86. The zero-order valence-electron chi connectivity index (χ0n) is 11.2. The number of carbonyl (C=O) groups is 2. The summed E-state index contributed by atoms with van der Waals surface area (Å²) < 4.78 is 0. The Morgan fingerprint density at radius 3 is 2.60 bits per heavy atom. The van der Waals surface area contributed by atoms with Crippen molar-refractivity contribution in [3.63, 3.8) is 0 Å². The third-order valence-electron chi connectivity index (χ3n) is 2.92. The van der Waals surface area contributed by atoms with Gasteiger partial charge < -0.3 is 0 Å². The van der Waals surface area contributed by atoms with E-state index in [0.717, 1.165) is 21.2 Å². The number of rotatable bonds is 4. The van der Waals surface area contributed by atoms with Crippen molar-refractivity contribution in [2.45, 2.75) is 11.8 Å². The summed E-state index contributed by atoms with van der Waals surface area (Å²) in [6, 6.07) is 11.4. The molecule has 0 unspecified atom stereocenters. The normalized spacial score (nSPS) is 10.2. The molecule has 100 valence electrons. The zero-order valence-corrected chi connectivity index (χ0v) is 12.0. The van der Waals surface area contributed by atoms with Crippen molar-refractivity contribution >= 4 is 39.0 Å². The number of fused-ring (bicyclic) bond motifs is 1. The van der Waals surface area contributed by atoms with Crippen molar-refractivity contribution < 1.29 is 9.59 Å². The fourth-order valence-electron chi connectivity index (χ4n) is 2.01. The monoisotopic (exact) mass is 282 g/mol. The van der Waals surface area contributed by atoms with Crippen LogP contribution in [-0.4, -0.2) is 10.9 Å². The predicted molar refractivity (Wildman–Crippen MR) is 84.7 cm³/mol. The van der Waals surface area contributed by atoms with Crippen LogP contribution in [-0.2, 0) is 9.59 Å². The molecule has 2 aromatic rings. The number of benzene rings is 2. The van der Waals surface area contributed by atoms with Gasteiger partial charge in [-0.05, 0) is 34.5 Å². The van der Waals surface area contributed by atoms with Crippen molar-refractivity contribution in [2.75, 3.05) is 0 Å². The van der Waals surface area contributed by atoms with Gasteiger partial charge in [0.25, 0.3) is 0 Å². The molecule has 0 aliphatic carbocycles. The Kier molecular flexibility index (Phi) is 4.20. The molecule has 0 aromatic heterocycles. The van der Waals surface area contributed by atoms with Crippen molar-refractivity contribution in [1.29, 1.82) is 0 Å². The van der Waals surface area contributed by atoms with Gasteiger partial charge in [-0.25, -0.2) is 0 Å². The molecule has 0 saturated heterocycles. The third kappa shape index (κ3) is 2.89. The van der Waals surface area contributed by atoms with E-state index >= 15 is 0 Å². The highest BCUT2D eigenvalue weighted by Crippen LogP contribution is 2.29. The maximum atomic E-state index is 11.7. The van der Waals surface area contributed by atoms with Crippen molar-refractivity contribution in [3.05, 3.63) is 61.2 Å². The van der Waals surface area contributed by atoms with E-state index in [9.17, 15) is 9.59 Å². The van der Waals surface area contributed by atoms with E-state index in [0.29, 0.717) is 5.57 Å². The minimum atomic E-state index is -0.181. The number of carbonyl (C=O) groups excluding carboxylic acids is 2. The molecule has 0 N–H and O–H groups in total. The average molecular weight is 282 g/mol. The van der Waals surface area contributed by atoms with Crippen LogP contribution in [0.5, 0.6) is 0 Å². The quantitative estimate of drug-likeness (QED) is 0.621. The van der Waals surface area contributed by atoms with Gasteiger partial charge >= 0.3 is 0 Å². The molecule has 0 saturated carbocycles. The van der Waals surface area contributed by atoms with Gasteiger partial charge in [-0.15, -0.1) is 0 Å². The zero-order chi connectivity index (χ0) is 14.7. The second-order valence-corrected chi connectivity index (χ2v) is 5.58. The van der Waals surface area contributed by atoms with Gasteiger partial charge in [0, 0.05) is 17.4 Å². The van der Waals surface area contributed by atoms with Crippen LogP contribution in [0.4, 0.5) is 0 Å². The van der Waals surface area contributed by atoms with Gasteiger partial charge in [0.1, 0.15) is 0 Å². The van der Waals surface area contributed by atoms with Gasteiger partial charge in [0.15, 0.2) is 10.9 Å². The van der Waals surface area contributed by atoms with Gasteiger partial charge in [0.2, 0.25) is 0 Å². The van der Waals surface area contributed by atoms with Crippen LogP contribution in [0.1, 0.15) is 12.5 Å². The summed E-state index contributed by atoms with van der Waals surface area (Å²) in [6.07, 6.45) is 1.27. The lowest BCUT2D eigenvalue weighted by Crippen LogP contribution is -1.96. The van der Waals surface area contributed by atoms with Crippen molar-refractivity contribution in [3.8, 4) is 0 Å². The summed E-state index contributed by atoms with van der Waals surface area (Å²) in [4.78, 5) is 23.7. The van der Waals surface area contributed by atoms with Crippen LogP contribution in [0.25, 0.3) is 16.3 Å². The molecule has 0 amide bonds. The molecule has 0 bridgehead atoms. The van der Waals surface area contributed by atoms with Gasteiger partial charge in [-0.2, -0.15) is 0 Å². The third-order valence-corrected chi connectivity index (χ3v) is 3.70. The first-order valence-corrected chi connectivity index (χ1v) is 6.92. The Bertz CT molecular complexity index is 729. The van der Waals surface area contributed by atoms with E-state index in [-0.39, 0.29) is 10.9 Å². The molecule has 3 heteroatoms. The molecule has 2 rings (SSSR count). The van der Waals surface area contributed by atoms with E-state index in [1.807, 2.05) is 36.4 Å². The van der Waals surface area contributed by atoms with Crippen LogP contribution in [0.2, 0.25) is 0 Å². The summed E-state index contributed by atoms with van der Waals surface area (Å²) in [5.41, 5.74) is 1.23. The van der Waals surface area contributed by atoms with Gasteiger partial charge in [0.05, 0.1) is 0 Å². The molecule has 20 heavy (non-hydrogen) atoms. The lowest BCUT2D eigenvalue weighted by Gasteiger charge is -2.08. The fourth-order valence-corrected chi connectivity index (χ4v) is 2.66. The molecule has 0 atom stereocenters. The van der Waals surface area contributed by atoms with E-state index in [1.165, 1.54) is 24.8 Å². The first-order chi connectivity index (χ1) is 9.52. The van der Waals surface area contributed by atoms with Crippen LogP contribution in [0, 0.1) is 0 Å². The predicted octanol–water partition coefficient (Wildman–Crippen LogP) is 4.25. The minimum absolute atomic E-state index is 0.0479. The van der Waals surface area contributed by atoms with E-state index in [1.54, 1.807) is 0 Å². The van der Waals surface area contributed by atoms with Crippen LogP contribution >= 0.6 is 11.8 Å². The van der Waals surface area contributed by atoms with E-state index < -0.39 is 0 Å². The SMILES string of the molecule is C=CC(=O)C(=C)c1cccc2cc(SC(C)=O)ccc12. The van der Waals surface area contributed by atoms with Crippen LogP contribution in [0.3, 0.4) is 0 Å². The highest BCUT2D eigenvalue weighted by atomic mass is 32.2. The first-order valence-electron chi connectivity index (χ1n) is 6.10. The van der Waals surface area contributed by atoms with E-state index in [4.69, 9.17) is 0 Å². The highest BCUT2D eigenvalue weighted by Gasteiger charge is 2.10. The standard InChI is InChI=1S/C17H14O2S/c1-4-17(19)11(2)15-7-5-6-13-10-14(20-12(3)18)8-9-16(13)15/h4-10H,1-2H2,3H3. The second-order valence-electron chi connectivity index (χ2n) is 4.33. The molecule has 0 heterocycles. The molecule has 0 fully saturated rings. The van der Waals surface area contributed by atoms with Crippen molar-refractivity contribution in [2.24, 2.45) is 0 Å². The number of hydrogen-bond acceptors (Lipinski definition) is 3. The largest absolute Gasteiger partial charge is 0.289 e.